The molecule has 1 aromatic heterocycles. The average molecular weight is 557 g/mol. The predicted octanol–water partition coefficient (Wildman–Crippen LogP) is 1.80. The van der Waals surface area contributed by atoms with Gasteiger partial charge in [-0.15, -0.1) is 0 Å². The van der Waals surface area contributed by atoms with Crippen LogP contribution in [-0.2, 0) is 42.9 Å². The average Bonchev–Trinajstić information content (AvgIpc) is 2.89. The summed E-state index contributed by atoms with van der Waals surface area (Å²) in [7, 11) is 0. The first kappa shape index (κ1) is 29.9. The number of benzene rings is 1. The number of aliphatic imine (C=N–C) groups is 1. The number of carbonyl (C=O) groups is 5. The minimum Gasteiger partial charge on any atom is -0.463 e. The van der Waals surface area contributed by atoms with E-state index in [1.54, 1.807) is 24.3 Å². The third-order valence-electron chi connectivity index (χ3n) is 5.34. The van der Waals surface area contributed by atoms with Crippen LogP contribution in [0.5, 0.6) is 5.75 Å². The van der Waals surface area contributed by atoms with Crippen LogP contribution in [0.1, 0.15) is 43.6 Å². The molecule has 3 rings (SSSR count). The molecule has 212 valence electrons. The van der Waals surface area contributed by atoms with E-state index in [9.17, 15) is 24.0 Å². The van der Waals surface area contributed by atoms with Crippen molar-refractivity contribution in [2.45, 2.75) is 58.3 Å². The van der Waals surface area contributed by atoms with E-state index in [1.165, 1.54) is 37.7 Å². The number of hydrogen-bond acceptors (Lipinski definition) is 13. The first-order valence-electron chi connectivity index (χ1n) is 12.1. The lowest BCUT2D eigenvalue weighted by molar-refractivity contribution is -0.266. The van der Waals surface area contributed by atoms with Gasteiger partial charge in [0.25, 0.3) is 0 Å². The fourth-order valence-electron chi connectivity index (χ4n) is 3.75. The first-order chi connectivity index (χ1) is 19.0. The van der Waals surface area contributed by atoms with Gasteiger partial charge in [0.05, 0.1) is 5.56 Å². The Morgan fingerprint density at radius 3 is 2.10 bits per heavy atom. The monoisotopic (exact) mass is 556 g/mol. The van der Waals surface area contributed by atoms with Crippen LogP contribution in [0.3, 0.4) is 0 Å². The number of pyridine rings is 1. The van der Waals surface area contributed by atoms with E-state index in [0.29, 0.717) is 5.56 Å². The molecule has 13 nitrogen and oxygen atoms in total. The highest BCUT2D eigenvalue weighted by Crippen LogP contribution is 2.30. The Hall–Kier alpha value is -4.65. The summed E-state index contributed by atoms with van der Waals surface area (Å²) < 4.78 is 32.3. The van der Waals surface area contributed by atoms with Gasteiger partial charge in [0.15, 0.2) is 18.2 Å². The minimum atomic E-state index is -1.38. The largest absolute Gasteiger partial charge is 0.463 e. The molecular weight excluding hydrogens is 528 g/mol. The molecular formula is C27H28N2O11. The van der Waals surface area contributed by atoms with Gasteiger partial charge in [-0.25, -0.2) is 4.79 Å². The molecule has 0 spiro atoms. The molecule has 0 saturated carbocycles. The number of rotatable bonds is 9. The highest BCUT2D eigenvalue weighted by molar-refractivity contribution is 5.90. The quantitative estimate of drug-likeness (QED) is 0.190. The molecule has 13 heteroatoms. The van der Waals surface area contributed by atoms with E-state index in [2.05, 4.69) is 9.98 Å². The van der Waals surface area contributed by atoms with Crippen molar-refractivity contribution in [3.05, 3.63) is 59.9 Å². The van der Waals surface area contributed by atoms with E-state index in [0.717, 1.165) is 20.8 Å². The van der Waals surface area contributed by atoms with Crippen molar-refractivity contribution in [2.75, 3.05) is 6.61 Å². The van der Waals surface area contributed by atoms with Gasteiger partial charge in [0.2, 0.25) is 6.29 Å². The van der Waals surface area contributed by atoms with Crippen molar-refractivity contribution in [2.24, 2.45) is 4.99 Å². The molecule has 1 saturated heterocycles. The van der Waals surface area contributed by atoms with Gasteiger partial charge in [-0.2, -0.15) is 0 Å². The molecule has 1 aliphatic heterocycles. The molecule has 0 bridgehead atoms. The highest BCUT2D eigenvalue weighted by atomic mass is 16.7. The summed E-state index contributed by atoms with van der Waals surface area (Å²) in [5.41, 5.74) is 0.822. The molecule has 2 aromatic rings. The van der Waals surface area contributed by atoms with Crippen molar-refractivity contribution in [1.29, 1.82) is 0 Å². The Kier molecular flexibility index (Phi) is 10.4. The summed E-state index contributed by atoms with van der Waals surface area (Å²) in [4.78, 5) is 67.7. The zero-order valence-electron chi connectivity index (χ0n) is 22.2. The maximum Gasteiger partial charge on any atom is 0.345 e. The summed E-state index contributed by atoms with van der Waals surface area (Å²) in [5, 5.41) is 0. The summed E-state index contributed by atoms with van der Waals surface area (Å²) in [6.45, 7) is 4.24. The molecule has 0 amide bonds. The number of aromatic nitrogens is 1. The second-order valence-electron chi connectivity index (χ2n) is 8.57. The van der Waals surface area contributed by atoms with Crippen LogP contribution in [0, 0.1) is 0 Å². The van der Waals surface area contributed by atoms with Gasteiger partial charge < -0.3 is 28.4 Å². The third kappa shape index (κ3) is 8.70. The Morgan fingerprint density at radius 2 is 1.52 bits per heavy atom. The topological polar surface area (TPSA) is 166 Å². The lowest BCUT2D eigenvalue weighted by Gasteiger charge is -2.42. The summed E-state index contributed by atoms with van der Waals surface area (Å²) >= 11 is 0. The van der Waals surface area contributed by atoms with Gasteiger partial charge in [-0.3, -0.25) is 29.2 Å². The first-order valence-corrected chi connectivity index (χ1v) is 12.1. The lowest BCUT2D eigenvalue weighted by Crippen LogP contribution is -2.61. The van der Waals surface area contributed by atoms with Crippen molar-refractivity contribution in [3.8, 4) is 5.75 Å². The molecule has 1 fully saturated rings. The van der Waals surface area contributed by atoms with E-state index in [1.807, 2.05) is 0 Å². The standard InChI is InChI=1S/C27H28N2O11/c1-15(30)35-14-22-24(36-16(2)31)25(37-17(3)32)23(27(40-22)38-18(4)33)29-12-19-7-9-21(10-8-19)39-26(34)20-6-5-11-28-13-20/h5-13,22-25,27H,14H2,1-4H3/t22-,23+,24-,25+,27-/m0/s1. The smallest absolute Gasteiger partial charge is 0.345 e. The molecule has 5 atom stereocenters. The molecule has 1 aliphatic rings. The number of nitrogens with zero attached hydrogens (tertiary/aromatic N) is 2. The van der Waals surface area contributed by atoms with Crippen LogP contribution in [0.15, 0.2) is 53.8 Å². The van der Waals surface area contributed by atoms with Gasteiger partial charge in [-0.05, 0) is 42.0 Å². The van der Waals surface area contributed by atoms with Crippen LogP contribution in [0.25, 0.3) is 0 Å². The Morgan fingerprint density at radius 1 is 0.875 bits per heavy atom. The van der Waals surface area contributed by atoms with Gasteiger partial charge in [-0.1, -0.05) is 0 Å². The summed E-state index contributed by atoms with van der Waals surface area (Å²) in [5.74, 6) is -3.11. The zero-order valence-corrected chi connectivity index (χ0v) is 22.2. The molecule has 0 radical (unpaired) electrons. The van der Waals surface area contributed by atoms with Gasteiger partial charge in [0.1, 0.15) is 18.5 Å². The molecule has 0 aliphatic carbocycles. The second kappa shape index (κ2) is 13.9. The molecule has 1 aromatic carbocycles. The third-order valence-corrected chi connectivity index (χ3v) is 5.34. The predicted molar refractivity (Wildman–Crippen MR) is 135 cm³/mol. The Balaban J connectivity index is 1.87. The molecule has 40 heavy (non-hydrogen) atoms. The second-order valence-corrected chi connectivity index (χ2v) is 8.57. The maximum absolute atomic E-state index is 12.2. The van der Waals surface area contributed by atoms with Crippen molar-refractivity contribution >= 4 is 36.1 Å². The summed E-state index contributed by atoms with van der Waals surface area (Å²) in [6, 6.07) is 8.30. The van der Waals surface area contributed by atoms with Gasteiger partial charge in [0, 0.05) is 46.3 Å². The van der Waals surface area contributed by atoms with Crippen molar-refractivity contribution < 1.29 is 52.4 Å². The lowest BCUT2D eigenvalue weighted by atomic mass is 9.96. The Bertz CT molecular complexity index is 1250. The number of carbonyl (C=O) groups excluding carboxylic acids is 5. The number of hydrogen-bond donors (Lipinski definition) is 0. The molecule has 2 heterocycles. The van der Waals surface area contributed by atoms with Crippen LogP contribution in [-0.4, -0.2) is 78.3 Å². The highest BCUT2D eigenvalue weighted by Gasteiger charge is 2.51. The van der Waals surface area contributed by atoms with Crippen LogP contribution in [0.2, 0.25) is 0 Å². The SMILES string of the molecule is CC(=O)OC[C@@H]1O[C@H](OC(C)=O)[C@H](N=Cc2ccc(OC(=O)c3cccnc3)cc2)[C@@H](OC(C)=O)[C@H]1OC(C)=O. The van der Waals surface area contributed by atoms with Crippen LogP contribution >= 0.6 is 0 Å². The fraction of sp³-hybridized carbons (Fsp3) is 0.370. The van der Waals surface area contributed by atoms with Crippen molar-refractivity contribution in [1.82, 2.24) is 4.98 Å². The van der Waals surface area contributed by atoms with E-state index in [4.69, 9.17) is 28.4 Å². The fourth-order valence-corrected chi connectivity index (χ4v) is 3.75. The Labute approximate surface area is 229 Å². The van der Waals surface area contributed by atoms with Crippen molar-refractivity contribution in [3.63, 3.8) is 0 Å². The zero-order chi connectivity index (χ0) is 29.2. The molecule has 0 N–H and O–H groups in total. The summed E-state index contributed by atoms with van der Waals surface area (Å²) in [6.07, 6.45) is -0.721. The van der Waals surface area contributed by atoms with Crippen LogP contribution in [0.4, 0.5) is 0 Å². The minimum absolute atomic E-state index is 0.269. The van der Waals surface area contributed by atoms with Gasteiger partial charge >= 0.3 is 29.8 Å². The maximum atomic E-state index is 12.2. The van der Waals surface area contributed by atoms with E-state index in [-0.39, 0.29) is 17.9 Å². The number of esters is 5. The number of ether oxygens (including phenoxy) is 6. The van der Waals surface area contributed by atoms with E-state index >= 15 is 0 Å². The molecule has 0 unspecified atom stereocenters. The van der Waals surface area contributed by atoms with Crippen LogP contribution < -0.4 is 4.74 Å². The van der Waals surface area contributed by atoms with E-state index < -0.39 is 60.5 Å². The normalized spacial score (nSPS) is 22.1.